The number of carbonyl (C=O) groups excluding carboxylic acids is 2. The Hall–Kier alpha value is -1.16. The molecule has 4 saturated carbocycles. The van der Waals surface area contributed by atoms with Crippen molar-refractivity contribution in [2.75, 3.05) is 0 Å². The monoisotopic (exact) mass is 713 g/mol. The van der Waals surface area contributed by atoms with E-state index in [0.717, 1.165) is 55.3 Å². The van der Waals surface area contributed by atoms with Crippen molar-refractivity contribution in [2.45, 2.75) is 149 Å². The van der Waals surface area contributed by atoms with Crippen molar-refractivity contribution in [3.63, 3.8) is 0 Å². The van der Waals surface area contributed by atoms with Crippen LogP contribution in [0, 0.1) is 61.6 Å². The van der Waals surface area contributed by atoms with E-state index in [-0.39, 0.29) is 60.3 Å². The van der Waals surface area contributed by atoms with Gasteiger partial charge < -0.3 is 0 Å². The Bertz CT molecular complexity index is 1300. The molecular weight excluding hydrogens is 655 g/mol. The molecule has 4 fully saturated rings. The fourth-order valence-electron chi connectivity index (χ4n) is 12.0. The van der Waals surface area contributed by atoms with Crippen LogP contribution in [0.5, 0.6) is 0 Å². The third kappa shape index (κ3) is 4.83. The Labute approximate surface area is 278 Å². The molecule has 0 aromatic carbocycles. The number of rotatable bonds is 3. The van der Waals surface area contributed by atoms with Gasteiger partial charge in [0.15, 0.2) is 0 Å². The number of allylic oxidation sites excluding steroid dienone is 4. The topological polar surface area (TPSA) is 70.0 Å². The maximum atomic E-state index is 14.5. The molecule has 6 aliphatic rings. The molecule has 4 nitrogen and oxygen atoms in total. The second-order valence-electron chi connectivity index (χ2n) is 17.9. The Morgan fingerprint density at radius 3 is 2.23 bits per heavy atom. The standard InChI is InChI=1S/C39H58IN2O2/c1-34(2)19-21-39(33(44)42-40-27-13-11-9-8-10-12-14-27)22-20-37(6)28(29(39)24-34)15-16-31-36(5)23-26(25-41)32(43)35(3,4)30(36)17-18-38(31,37)7/h15,23,27,29-31H,8-14,16-22,24H2,1-7H3,(H,42,44)/q-1/t29-,30-,31?,36-,37+,38+,39?/m0/s1. The zero-order valence-corrected chi connectivity index (χ0v) is 30.9. The summed E-state index contributed by atoms with van der Waals surface area (Å²) in [4.78, 5) is 27.9. The van der Waals surface area contributed by atoms with Gasteiger partial charge in [-0.2, -0.15) is 5.26 Å². The average Bonchev–Trinajstić information content (AvgIpc) is 2.94. The van der Waals surface area contributed by atoms with Gasteiger partial charge in [-0.15, -0.1) is 0 Å². The molecule has 0 heterocycles. The number of carbonyl (C=O) groups is 2. The van der Waals surface area contributed by atoms with Crippen molar-refractivity contribution in [3.8, 4) is 6.07 Å². The molecular formula is C39H58IN2O2-. The van der Waals surface area contributed by atoms with Crippen molar-refractivity contribution < 1.29 is 31.1 Å². The molecule has 5 heteroatoms. The fraction of sp³-hybridized carbons (Fsp3) is 0.821. The van der Waals surface area contributed by atoms with E-state index in [0.29, 0.717) is 23.3 Å². The van der Waals surface area contributed by atoms with E-state index < -0.39 is 5.41 Å². The van der Waals surface area contributed by atoms with Gasteiger partial charge >= 0.3 is 270 Å². The average molecular weight is 714 g/mol. The Morgan fingerprint density at radius 1 is 0.886 bits per heavy atom. The zero-order valence-electron chi connectivity index (χ0n) is 28.7. The first-order valence-corrected chi connectivity index (χ1v) is 20.3. The molecule has 244 valence electrons. The fourth-order valence-corrected chi connectivity index (χ4v) is 14.7. The molecule has 0 aliphatic heterocycles. The molecule has 1 N–H and O–H groups in total. The van der Waals surface area contributed by atoms with E-state index in [1.165, 1.54) is 44.9 Å². The predicted octanol–water partition coefficient (Wildman–Crippen LogP) is 6.26. The van der Waals surface area contributed by atoms with Crippen molar-refractivity contribution in [3.05, 3.63) is 23.3 Å². The van der Waals surface area contributed by atoms with E-state index in [1.807, 2.05) is 0 Å². The first-order valence-electron chi connectivity index (χ1n) is 18.0. The van der Waals surface area contributed by atoms with Gasteiger partial charge in [0.1, 0.15) is 0 Å². The molecule has 0 radical (unpaired) electrons. The molecule has 0 aromatic heterocycles. The Morgan fingerprint density at radius 2 is 1.55 bits per heavy atom. The Kier molecular flexibility index (Phi) is 8.36. The number of nitrogens with zero attached hydrogens (tertiary/aromatic N) is 1. The molecule has 7 atom stereocenters. The quantitative estimate of drug-likeness (QED) is 0.163. The van der Waals surface area contributed by atoms with E-state index in [4.69, 9.17) is 0 Å². The second-order valence-corrected chi connectivity index (χ2v) is 20.9. The first kappa shape index (κ1) is 32.8. The van der Waals surface area contributed by atoms with Crippen LogP contribution in [0.3, 0.4) is 0 Å². The zero-order chi connectivity index (χ0) is 31.8. The molecule has 0 saturated heterocycles. The van der Waals surface area contributed by atoms with Gasteiger partial charge in [0.2, 0.25) is 0 Å². The van der Waals surface area contributed by atoms with Crippen LogP contribution in [0.1, 0.15) is 145 Å². The third-order valence-electron chi connectivity index (χ3n) is 14.9. The number of fused-ring (bicyclic) bond motifs is 7. The number of amides is 1. The minimum absolute atomic E-state index is 0.0204. The summed E-state index contributed by atoms with van der Waals surface area (Å²) in [5.41, 5.74) is 1.30. The van der Waals surface area contributed by atoms with Crippen LogP contribution in [0.25, 0.3) is 0 Å². The number of Topliss-reactive ketones (excluding diaryl/α,β-unsaturated/α-hetero) is 1. The SMILES string of the molecule is CC1(C)CCC2(C(=O)N[I-]C3CCCCCCC3)CC[C@]3(C)C(=CCC4[C@@]5(C)C=C(C#N)C(=O)C(C)(C)[C@@H]5CC[C@]43C)[C@@H]2C1. The number of hydrogen-bond donors (Lipinski definition) is 1. The summed E-state index contributed by atoms with van der Waals surface area (Å²) < 4.78 is 4.44. The van der Waals surface area contributed by atoms with Gasteiger partial charge in [-0.1, -0.05) is 0 Å². The summed E-state index contributed by atoms with van der Waals surface area (Å²) in [7, 11) is 0. The van der Waals surface area contributed by atoms with Crippen LogP contribution < -0.4 is 25.0 Å². The van der Waals surface area contributed by atoms with Crippen molar-refractivity contribution in [1.29, 1.82) is 5.26 Å². The first-order chi connectivity index (χ1) is 20.6. The number of nitrogens with one attached hydrogen (secondary N) is 1. The van der Waals surface area contributed by atoms with Crippen molar-refractivity contribution in [2.24, 2.45) is 50.2 Å². The maximum absolute atomic E-state index is 14.5. The van der Waals surface area contributed by atoms with Crippen LogP contribution in [0.2, 0.25) is 0 Å². The Balaban J connectivity index is 1.35. The van der Waals surface area contributed by atoms with Crippen molar-refractivity contribution in [1.82, 2.24) is 3.53 Å². The normalized spacial score (nSPS) is 43.4. The molecule has 1 amide bonds. The molecule has 44 heavy (non-hydrogen) atoms. The predicted molar refractivity (Wildman–Crippen MR) is 173 cm³/mol. The summed E-state index contributed by atoms with van der Waals surface area (Å²) in [6, 6.07) is 2.30. The van der Waals surface area contributed by atoms with Crippen LogP contribution in [-0.4, -0.2) is 15.6 Å². The van der Waals surface area contributed by atoms with Gasteiger partial charge in [0.25, 0.3) is 0 Å². The summed E-state index contributed by atoms with van der Waals surface area (Å²) in [5, 5.41) is 10.0. The van der Waals surface area contributed by atoms with Crippen LogP contribution >= 0.6 is 0 Å². The molecule has 0 spiro atoms. The molecule has 0 bridgehead atoms. The third-order valence-corrected chi connectivity index (χ3v) is 17.8. The number of halogens is 1. The van der Waals surface area contributed by atoms with E-state index in [1.54, 1.807) is 5.57 Å². The molecule has 6 rings (SSSR count). The van der Waals surface area contributed by atoms with Crippen molar-refractivity contribution >= 4 is 11.7 Å². The van der Waals surface area contributed by atoms with Gasteiger partial charge in [0.05, 0.1) is 0 Å². The van der Waals surface area contributed by atoms with E-state index >= 15 is 0 Å². The van der Waals surface area contributed by atoms with Crippen LogP contribution in [-0.2, 0) is 9.59 Å². The molecule has 0 aromatic rings. The van der Waals surface area contributed by atoms with E-state index in [9.17, 15) is 14.9 Å². The van der Waals surface area contributed by atoms with Gasteiger partial charge in [-0.05, 0) is 0 Å². The van der Waals surface area contributed by atoms with Gasteiger partial charge in [-0.3, -0.25) is 4.79 Å². The number of alkyl halides is 1. The number of hydrogen-bond acceptors (Lipinski definition) is 3. The summed E-state index contributed by atoms with van der Waals surface area (Å²) in [5.74, 6) is 1.36. The summed E-state index contributed by atoms with van der Waals surface area (Å²) in [6.45, 7) is 16.5. The summed E-state index contributed by atoms with van der Waals surface area (Å²) >= 11 is -0.328. The number of ketones is 1. The minimum atomic E-state index is -0.520. The van der Waals surface area contributed by atoms with Crippen LogP contribution in [0.15, 0.2) is 23.3 Å². The van der Waals surface area contributed by atoms with Crippen LogP contribution in [0.4, 0.5) is 0 Å². The van der Waals surface area contributed by atoms with Gasteiger partial charge in [0, 0.05) is 0 Å². The molecule has 2 unspecified atom stereocenters. The molecule has 6 aliphatic carbocycles. The van der Waals surface area contributed by atoms with E-state index in [2.05, 4.69) is 70.2 Å². The second kappa shape index (κ2) is 11.2. The number of nitriles is 1. The van der Waals surface area contributed by atoms with Gasteiger partial charge in [-0.25, -0.2) is 0 Å². The summed E-state index contributed by atoms with van der Waals surface area (Å²) in [6.07, 6.45) is 22.5.